The summed E-state index contributed by atoms with van der Waals surface area (Å²) in [6, 6.07) is 15.4. The molecule has 33 heavy (non-hydrogen) atoms. The molecule has 0 saturated carbocycles. The van der Waals surface area contributed by atoms with Crippen LogP contribution in [0, 0.1) is 12.7 Å². The number of thiazole rings is 1. The minimum absolute atomic E-state index is 0. The number of nitrogens with one attached hydrogen (secondary N) is 1. The standard InChI is InChI=1S/C24H26FN5S.2ClH/c1-16-26-22-23(27-20-5-3-4-6-21(20)28-24(22)31-16)30-14-13-29(2)19(15-30)12-9-17-7-10-18(25)11-8-17;;/h3-8,10-11,19,28H,9,12-15H2,1-2H3;2*1H. The number of para-hydroxylation sites is 2. The lowest BCUT2D eigenvalue weighted by molar-refractivity contribution is 0.134. The van der Waals surface area contributed by atoms with Crippen LogP contribution >= 0.6 is 36.2 Å². The Labute approximate surface area is 210 Å². The maximum Gasteiger partial charge on any atom is 0.158 e. The number of likely N-dealkylation sites (N-methyl/N-ethyl adjacent to an activating group) is 1. The number of benzene rings is 2. The van der Waals surface area contributed by atoms with E-state index >= 15 is 0 Å². The first-order chi connectivity index (χ1) is 15.1. The van der Waals surface area contributed by atoms with Crippen molar-refractivity contribution in [3.05, 3.63) is 70.6 Å². The van der Waals surface area contributed by atoms with Gasteiger partial charge in [0.2, 0.25) is 0 Å². The fourth-order valence-corrected chi connectivity index (χ4v) is 5.11. The second kappa shape index (κ2) is 10.8. The van der Waals surface area contributed by atoms with E-state index in [1.807, 2.05) is 37.3 Å². The molecule has 1 fully saturated rings. The maximum absolute atomic E-state index is 13.2. The summed E-state index contributed by atoms with van der Waals surface area (Å²) in [5.74, 6) is 0.774. The number of halogens is 3. The summed E-state index contributed by atoms with van der Waals surface area (Å²) in [5.41, 5.74) is 4.08. The molecule has 1 N–H and O–H groups in total. The third-order valence-corrected chi connectivity index (χ3v) is 6.97. The molecule has 3 aromatic rings. The van der Waals surface area contributed by atoms with Crippen LogP contribution in [0.2, 0.25) is 0 Å². The third-order valence-electron chi connectivity index (χ3n) is 6.08. The lowest BCUT2D eigenvalue weighted by Gasteiger charge is -2.40. The Bertz CT molecular complexity index is 1120. The van der Waals surface area contributed by atoms with Gasteiger partial charge in [0.1, 0.15) is 16.5 Å². The number of nitrogens with zero attached hydrogens (tertiary/aromatic N) is 4. The van der Waals surface area contributed by atoms with Gasteiger partial charge in [0.25, 0.3) is 0 Å². The van der Waals surface area contributed by atoms with E-state index in [4.69, 9.17) is 9.98 Å². The highest BCUT2D eigenvalue weighted by molar-refractivity contribution is 7.16. The van der Waals surface area contributed by atoms with Crippen LogP contribution < -0.4 is 5.32 Å². The van der Waals surface area contributed by atoms with E-state index in [9.17, 15) is 4.39 Å². The van der Waals surface area contributed by atoms with Crippen molar-refractivity contribution in [3.63, 3.8) is 0 Å². The molecule has 176 valence electrons. The predicted octanol–water partition coefficient (Wildman–Crippen LogP) is 5.82. The van der Waals surface area contributed by atoms with E-state index in [0.29, 0.717) is 6.04 Å². The van der Waals surface area contributed by atoms with Gasteiger partial charge in [-0.3, -0.25) is 4.90 Å². The Hall–Kier alpha value is -2.19. The molecule has 5 rings (SSSR count). The summed E-state index contributed by atoms with van der Waals surface area (Å²) in [7, 11) is 2.19. The molecule has 0 spiro atoms. The fourth-order valence-electron chi connectivity index (χ4n) is 4.28. The molecule has 9 heteroatoms. The van der Waals surface area contributed by atoms with Gasteiger partial charge < -0.3 is 10.2 Å². The summed E-state index contributed by atoms with van der Waals surface area (Å²) < 4.78 is 13.2. The van der Waals surface area contributed by atoms with E-state index in [1.165, 1.54) is 5.56 Å². The van der Waals surface area contributed by atoms with Crippen LogP contribution in [0.5, 0.6) is 0 Å². The smallest absolute Gasteiger partial charge is 0.158 e. The van der Waals surface area contributed by atoms with Gasteiger partial charge >= 0.3 is 0 Å². The molecular weight excluding hydrogens is 480 g/mol. The topological polar surface area (TPSA) is 43.8 Å². The van der Waals surface area contributed by atoms with Crippen LogP contribution in [0.1, 0.15) is 22.7 Å². The number of aryl methyl sites for hydroxylation is 2. The van der Waals surface area contributed by atoms with Gasteiger partial charge in [0, 0.05) is 25.7 Å². The van der Waals surface area contributed by atoms with Crippen molar-refractivity contribution in [2.24, 2.45) is 4.99 Å². The Kier molecular flexibility index (Phi) is 8.34. The van der Waals surface area contributed by atoms with Crippen molar-refractivity contribution in [1.82, 2.24) is 14.8 Å². The SMILES string of the molecule is Cc1nc2c(s1)Nc1ccccc1N=C2N1CCN(C)C(CCc2ccc(F)cc2)C1.Cl.Cl. The molecule has 1 unspecified atom stereocenters. The van der Waals surface area contributed by atoms with E-state index in [0.717, 1.165) is 65.4 Å². The average Bonchev–Trinajstić information content (AvgIpc) is 3.06. The Morgan fingerprint density at radius 3 is 2.64 bits per heavy atom. The van der Waals surface area contributed by atoms with E-state index < -0.39 is 0 Å². The van der Waals surface area contributed by atoms with E-state index in [1.54, 1.807) is 23.5 Å². The van der Waals surface area contributed by atoms with Gasteiger partial charge in [0.05, 0.1) is 16.4 Å². The summed E-state index contributed by atoms with van der Waals surface area (Å²) in [6.45, 7) is 4.83. The normalized spacial score (nSPS) is 17.5. The van der Waals surface area contributed by atoms with E-state index in [-0.39, 0.29) is 30.6 Å². The van der Waals surface area contributed by atoms with Crippen LogP contribution in [0.4, 0.5) is 20.8 Å². The molecule has 2 aromatic carbocycles. The Morgan fingerprint density at radius 1 is 1.09 bits per heavy atom. The van der Waals surface area contributed by atoms with Gasteiger partial charge in [0.15, 0.2) is 5.84 Å². The molecule has 0 aliphatic carbocycles. The number of aliphatic imine (C=N–C) groups is 1. The molecule has 1 saturated heterocycles. The second-order valence-corrected chi connectivity index (χ2v) is 9.44. The fraction of sp³-hybridized carbons (Fsp3) is 0.333. The molecule has 0 amide bonds. The average molecular weight is 508 g/mol. The zero-order valence-corrected chi connectivity index (χ0v) is 21.1. The van der Waals surface area contributed by atoms with Crippen molar-refractivity contribution < 1.29 is 4.39 Å². The highest BCUT2D eigenvalue weighted by Gasteiger charge is 2.30. The molecule has 5 nitrogen and oxygen atoms in total. The molecule has 1 atom stereocenters. The van der Waals surface area contributed by atoms with Crippen LogP contribution in [0.25, 0.3) is 0 Å². The van der Waals surface area contributed by atoms with Crippen molar-refractivity contribution >= 4 is 58.4 Å². The number of rotatable bonds is 3. The first-order valence-electron chi connectivity index (χ1n) is 10.7. The van der Waals surface area contributed by atoms with Crippen LogP contribution in [-0.4, -0.2) is 53.3 Å². The van der Waals surface area contributed by atoms with Crippen molar-refractivity contribution in [3.8, 4) is 0 Å². The number of aromatic nitrogens is 1. The minimum Gasteiger partial charge on any atom is -0.352 e. The van der Waals surface area contributed by atoms with Gasteiger partial charge in [-0.2, -0.15) is 0 Å². The van der Waals surface area contributed by atoms with Crippen molar-refractivity contribution in [2.75, 3.05) is 32.0 Å². The summed E-state index contributed by atoms with van der Waals surface area (Å²) >= 11 is 1.67. The molecular formula is C24H28Cl2FN5S. The number of anilines is 2. The molecule has 0 radical (unpaired) electrons. The minimum atomic E-state index is -0.181. The maximum atomic E-state index is 13.2. The highest BCUT2D eigenvalue weighted by atomic mass is 35.5. The van der Waals surface area contributed by atoms with Gasteiger partial charge in [-0.05, 0) is 56.6 Å². The van der Waals surface area contributed by atoms with Gasteiger partial charge in [-0.15, -0.1) is 36.2 Å². The van der Waals surface area contributed by atoms with Crippen LogP contribution in [0.3, 0.4) is 0 Å². The van der Waals surface area contributed by atoms with Crippen LogP contribution in [-0.2, 0) is 6.42 Å². The first-order valence-corrected chi connectivity index (χ1v) is 11.5. The quantitative estimate of drug-likeness (QED) is 0.485. The Balaban J connectivity index is 0.00000153. The molecule has 3 heterocycles. The summed E-state index contributed by atoms with van der Waals surface area (Å²) in [5, 5.41) is 5.63. The van der Waals surface area contributed by atoms with Crippen molar-refractivity contribution in [1.29, 1.82) is 0 Å². The Morgan fingerprint density at radius 2 is 1.85 bits per heavy atom. The summed E-state index contributed by atoms with van der Waals surface area (Å²) in [6.07, 6.45) is 1.95. The lowest BCUT2D eigenvalue weighted by atomic mass is 10.0. The molecule has 0 bridgehead atoms. The van der Waals surface area contributed by atoms with Gasteiger partial charge in [-0.25, -0.2) is 14.4 Å². The second-order valence-electron chi connectivity index (χ2n) is 8.23. The highest BCUT2D eigenvalue weighted by Crippen LogP contribution is 2.37. The third kappa shape index (κ3) is 5.49. The van der Waals surface area contributed by atoms with Crippen molar-refractivity contribution in [2.45, 2.75) is 25.8 Å². The number of hydrogen-bond acceptors (Lipinski definition) is 6. The molecule has 2 aliphatic rings. The first kappa shape index (κ1) is 25.4. The van der Waals surface area contributed by atoms with Gasteiger partial charge in [-0.1, -0.05) is 24.3 Å². The van der Waals surface area contributed by atoms with E-state index in [2.05, 4.69) is 28.2 Å². The predicted molar refractivity (Wildman–Crippen MR) is 140 cm³/mol. The summed E-state index contributed by atoms with van der Waals surface area (Å²) in [4.78, 5) is 14.7. The molecule has 1 aromatic heterocycles. The zero-order valence-electron chi connectivity index (χ0n) is 18.6. The number of amidine groups is 1. The number of piperazine rings is 1. The molecule has 2 aliphatic heterocycles. The monoisotopic (exact) mass is 507 g/mol. The number of hydrogen-bond donors (Lipinski definition) is 1. The largest absolute Gasteiger partial charge is 0.352 e. The van der Waals surface area contributed by atoms with Crippen LogP contribution in [0.15, 0.2) is 53.5 Å². The zero-order chi connectivity index (χ0) is 21.4. The number of fused-ring (bicyclic) bond motifs is 2. The lowest BCUT2D eigenvalue weighted by Crippen LogP contribution is -2.53.